The molecule has 4 N–H and O–H groups in total. The van der Waals surface area contributed by atoms with Crippen molar-refractivity contribution in [2.24, 2.45) is 11.5 Å². The first-order chi connectivity index (χ1) is 5.70. The number of hydrogen-bond donors (Lipinski definition) is 2. The van der Waals surface area contributed by atoms with Crippen LogP contribution in [0.5, 0.6) is 0 Å². The Balaban J connectivity index is 3.46. The van der Waals surface area contributed by atoms with E-state index in [1.165, 1.54) is 6.92 Å². The summed E-state index contributed by atoms with van der Waals surface area (Å²) in [5.41, 5.74) is 10.7. The van der Waals surface area contributed by atoms with Gasteiger partial charge in [0.1, 0.15) is 6.10 Å². The van der Waals surface area contributed by atoms with E-state index in [0.717, 1.165) is 19.3 Å². The van der Waals surface area contributed by atoms with Gasteiger partial charge in [-0.2, -0.15) is 0 Å². The first-order valence-corrected chi connectivity index (χ1v) is 4.28. The third kappa shape index (κ3) is 6.12. The van der Waals surface area contributed by atoms with Gasteiger partial charge in [0, 0.05) is 13.5 Å². The summed E-state index contributed by atoms with van der Waals surface area (Å²) in [4.78, 5) is 10.5. The molecule has 72 valence electrons. The molecule has 0 amide bonds. The Morgan fingerprint density at radius 3 is 2.50 bits per heavy atom. The van der Waals surface area contributed by atoms with E-state index in [9.17, 15) is 4.79 Å². The standard InChI is InChI=1S/C8H18N2O2/c1-7(11)12-8(6-10)4-2-3-5-9/h8H,2-6,9-10H2,1H3. The van der Waals surface area contributed by atoms with E-state index >= 15 is 0 Å². The van der Waals surface area contributed by atoms with Crippen LogP contribution in [0.25, 0.3) is 0 Å². The van der Waals surface area contributed by atoms with Gasteiger partial charge in [-0.05, 0) is 25.8 Å². The van der Waals surface area contributed by atoms with Crippen LogP contribution in [0.1, 0.15) is 26.2 Å². The van der Waals surface area contributed by atoms with Gasteiger partial charge in [-0.25, -0.2) is 0 Å². The predicted octanol–water partition coefficient (Wildman–Crippen LogP) is 0.00580. The van der Waals surface area contributed by atoms with E-state index < -0.39 is 0 Å². The molecule has 0 rings (SSSR count). The largest absolute Gasteiger partial charge is 0.461 e. The van der Waals surface area contributed by atoms with E-state index in [0.29, 0.717) is 13.1 Å². The number of nitrogens with two attached hydrogens (primary N) is 2. The average molecular weight is 174 g/mol. The predicted molar refractivity (Wildman–Crippen MR) is 47.5 cm³/mol. The van der Waals surface area contributed by atoms with Gasteiger partial charge >= 0.3 is 5.97 Å². The molecule has 0 aromatic rings. The Morgan fingerprint density at radius 2 is 2.08 bits per heavy atom. The van der Waals surface area contributed by atoms with E-state index in [1.807, 2.05) is 0 Å². The number of hydrogen-bond acceptors (Lipinski definition) is 4. The zero-order valence-electron chi connectivity index (χ0n) is 7.58. The zero-order chi connectivity index (χ0) is 9.40. The Kier molecular flexibility index (Phi) is 6.70. The molecule has 0 aromatic carbocycles. The molecular weight excluding hydrogens is 156 g/mol. The molecule has 0 aliphatic heterocycles. The van der Waals surface area contributed by atoms with Crippen molar-refractivity contribution in [1.82, 2.24) is 0 Å². The number of carbonyl (C=O) groups is 1. The van der Waals surface area contributed by atoms with Gasteiger partial charge in [-0.3, -0.25) is 4.79 Å². The van der Waals surface area contributed by atoms with Crippen molar-refractivity contribution in [3.8, 4) is 0 Å². The fraction of sp³-hybridized carbons (Fsp3) is 0.875. The summed E-state index contributed by atoms with van der Waals surface area (Å²) in [6, 6.07) is 0. The third-order valence-corrected chi connectivity index (χ3v) is 1.58. The monoisotopic (exact) mass is 174 g/mol. The maximum Gasteiger partial charge on any atom is 0.302 e. The molecule has 0 aliphatic carbocycles. The van der Waals surface area contributed by atoms with Crippen LogP contribution in [-0.2, 0) is 9.53 Å². The summed E-state index contributed by atoms with van der Waals surface area (Å²) in [6.07, 6.45) is 2.60. The van der Waals surface area contributed by atoms with Crippen molar-refractivity contribution in [1.29, 1.82) is 0 Å². The average Bonchev–Trinajstić information content (AvgIpc) is 2.02. The minimum atomic E-state index is -0.266. The third-order valence-electron chi connectivity index (χ3n) is 1.58. The lowest BCUT2D eigenvalue weighted by Crippen LogP contribution is -2.25. The quantitative estimate of drug-likeness (QED) is 0.439. The molecule has 0 radical (unpaired) electrons. The van der Waals surface area contributed by atoms with E-state index in [-0.39, 0.29) is 12.1 Å². The van der Waals surface area contributed by atoms with Crippen molar-refractivity contribution in [3.05, 3.63) is 0 Å². The van der Waals surface area contributed by atoms with Gasteiger partial charge in [0.05, 0.1) is 0 Å². The molecule has 0 spiro atoms. The van der Waals surface area contributed by atoms with Crippen molar-refractivity contribution in [2.45, 2.75) is 32.3 Å². The second-order valence-corrected chi connectivity index (χ2v) is 2.75. The van der Waals surface area contributed by atoms with Gasteiger partial charge < -0.3 is 16.2 Å². The van der Waals surface area contributed by atoms with E-state index in [2.05, 4.69) is 0 Å². The molecule has 0 heterocycles. The highest BCUT2D eigenvalue weighted by Gasteiger charge is 2.08. The Labute approximate surface area is 73.2 Å². The second-order valence-electron chi connectivity index (χ2n) is 2.75. The molecular formula is C8H18N2O2. The van der Waals surface area contributed by atoms with Gasteiger partial charge in [0.15, 0.2) is 0 Å². The smallest absolute Gasteiger partial charge is 0.302 e. The SMILES string of the molecule is CC(=O)OC(CN)CCCCN. The van der Waals surface area contributed by atoms with Crippen molar-refractivity contribution in [3.63, 3.8) is 0 Å². The molecule has 0 fully saturated rings. The second kappa shape index (κ2) is 7.06. The van der Waals surface area contributed by atoms with Crippen molar-refractivity contribution < 1.29 is 9.53 Å². The van der Waals surface area contributed by atoms with Crippen LogP contribution in [0, 0.1) is 0 Å². The van der Waals surface area contributed by atoms with E-state index in [1.54, 1.807) is 0 Å². The van der Waals surface area contributed by atoms with Crippen LogP contribution in [0.15, 0.2) is 0 Å². The molecule has 0 saturated carbocycles. The Bertz CT molecular complexity index is 128. The molecule has 0 saturated heterocycles. The number of carbonyl (C=O) groups excluding carboxylic acids is 1. The molecule has 0 bridgehead atoms. The van der Waals surface area contributed by atoms with E-state index in [4.69, 9.17) is 16.2 Å². The van der Waals surface area contributed by atoms with Crippen LogP contribution >= 0.6 is 0 Å². The first-order valence-electron chi connectivity index (χ1n) is 4.28. The molecule has 4 heteroatoms. The van der Waals surface area contributed by atoms with Crippen LogP contribution < -0.4 is 11.5 Å². The molecule has 4 nitrogen and oxygen atoms in total. The zero-order valence-corrected chi connectivity index (χ0v) is 7.58. The van der Waals surface area contributed by atoms with Gasteiger partial charge in [-0.15, -0.1) is 0 Å². The number of unbranched alkanes of at least 4 members (excludes halogenated alkanes) is 1. The lowest BCUT2D eigenvalue weighted by atomic mass is 10.1. The summed E-state index contributed by atoms with van der Waals surface area (Å²) in [7, 11) is 0. The maximum atomic E-state index is 10.5. The van der Waals surface area contributed by atoms with Crippen LogP contribution in [0.3, 0.4) is 0 Å². The lowest BCUT2D eigenvalue weighted by Gasteiger charge is -2.13. The summed E-state index contributed by atoms with van der Waals surface area (Å²) >= 11 is 0. The molecule has 0 aliphatic rings. The minimum absolute atomic E-state index is 0.131. The summed E-state index contributed by atoms with van der Waals surface area (Å²) in [5.74, 6) is -0.266. The molecule has 1 unspecified atom stereocenters. The maximum absolute atomic E-state index is 10.5. The highest BCUT2D eigenvalue weighted by molar-refractivity contribution is 5.66. The topological polar surface area (TPSA) is 78.3 Å². The number of rotatable bonds is 6. The van der Waals surface area contributed by atoms with Crippen LogP contribution in [0.4, 0.5) is 0 Å². The Morgan fingerprint density at radius 1 is 1.42 bits per heavy atom. The normalized spacial score (nSPS) is 12.6. The molecule has 12 heavy (non-hydrogen) atoms. The van der Waals surface area contributed by atoms with Crippen molar-refractivity contribution >= 4 is 5.97 Å². The molecule has 0 aromatic heterocycles. The fourth-order valence-electron chi connectivity index (χ4n) is 0.976. The lowest BCUT2D eigenvalue weighted by molar-refractivity contribution is -0.146. The van der Waals surface area contributed by atoms with Gasteiger partial charge in [0.25, 0.3) is 0 Å². The summed E-state index contributed by atoms with van der Waals surface area (Å²) < 4.78 is 4.94. The highest BCUT2D eigenvalue weighted by atomic mass is 16.5. The fourth-order valence-corrected chi connectivity index (χ4v) is 0.976. The van der Waals surface area contributed by atoms with Crippen LogP contribution in [-0.4, -0.2) is 25.2 Å². The molecule has 1 atom stereocenters. The number of ether oxygens (including phenoxy) is 1. The summed E-state index contributed by atoms with van der Waals surface area (Å²) in [5, 5.41) is 0. The van der Waals surface area contributed by atoms with Gasteiger partial charge in [0.2, 0.25) is 0 Å². The highest BCUT2D eigenvalue weighted by Crippen LogP contribution is 2.03. The Hall–Kier alpha value is -0.610. The van der Waals surface area contributed by atoms with Gasteiger partial charge in [-0.1, -0.05) is 0 Å². The van der Waals surface area contributed by atoms with Crippen molar-refractivity contribution in [2.75, 3.05) is 13.1 Å². The van der Waals surface area contributed by atoms with Crippen LogP contribution in [0.2, 0.25) is 0 Å². The minimum Gasteiger partial charge on any atom is -0.461 e. The first kappa shape index (κ1) is 11.4. The number of esters is 1. The summed E-state index contributed by atoms with van der Waals surface area (Å²) in [6.45, 7) is 2.47.